The van der Waals surface area contributed by atoms with E-state index in [0.29, 0.717) is 10.0 Å². The third-order valence-electron chi connectivity index (χ3n) is 2.51. The van der Waals surface area contributed by atoms with Crippen LogP contribution in [0.2, 0.25) is 10.0 Å². The molecule has 1 nitrogen and oxygen atoms in total. The number of hydrogen-bond acceptors (Lipinski definition) is 1. The van der Waals surface area contributed by atoms with Crippen molar-refractivity contribution >= 4 is 39.1 Å². The summed E-state index contributed by atoms with van der Waals surface area (Å²) < 4.78 is 0.862. The molecule has 1 atom stereocenters. The molecular weight excluding hydrogens is 321 g/mol. The van der Waals surface area contributed by atoms with Crippen molar-refractivity contribution in [2.45, 2.75) is 6.04 Å². The molecule has 0 aliphatic rings. The van der Waals surface area contributed by atoms with Crippen molar-refractivity contribution < 1.29 is 0 Å². The quantitative estimate of drug-likeness (QED) is 0.840. The van der Waals surface area contributed by atoms with E-state index in [0.717, 1.165) is 15.6 Å². The molecule has 88 valence electrons. The molecule has 0 fully saturated rings. The lowest BCUT2D eigenvalue weighted by Crippen LogP contribution is -2.11. The van der Waals surface area contributed by atoms with Gasteiger partial charge in [0.05, 0.1) is 11.1 Å². The van der Waals surface area contributed by atoms with Gasteiger partial charge in [-0.15, -0.1) is 0 Å². The summed E-state index contributed by atoms with van der Waals surface area (Å²) in [6.07, 6.45) is 0. The molecule has 1 unspecified atom stereocenters. The molecule has 0 aliphatic heterocycles. The van der Waals surface area contributed by atoms with Gasteiger partial charge in [0.25, 0.3) is 0 Å². The minimum atomic E-state index is -0.223. The number of rotatable bonds is 2. The summed E-state index contributed by atoms with van der Waals surface area (Å²) in [5, 5.41) is 1.33. The molecule has 0 spiro atoms. The van der Waals surface area contributed by atoms with Crippen LogP contribution in [0.3, 0.4) is 0 Å². The van der Waals surface area contributed by atoms with Crippen LogP contribution < -0.4 is 5.73 Å². The van der Waals surface area contributed by atoms with Crippen LogP contribution in [0.5, 0.6) is 0 Å². The standard InChI is InChI=1S/C13H10BrCl2N/c14-11-5-4-9(7-12(11)16)13(17)8-2-1-3-10(15)6-8/h1-7,13H,17H2. The second-order valence-electron chi connectivity index (χ2n) is 3.71. The largest absolute Gasteiger partial charge is 0.320 e. The normalized spacial score (nSPS) is 12.5. The van der Waals surface area contributed by atoms with E-state index in [4.69, 9.17) is 28.9 Å². The second kappa shape index (κ2) is 5.40. The second-order valence-corrected chi connectivity index (χ2v) is 5.40. The number of benzene rings is 2. The van der Waals surface area contributed by atoms with E-state index >= 15 is 0 Å². The first-order valence-corrected chi connectivity index (χ1v) is 6.59. The molecule has 0 heterocycles. The molecule has 2 aromatic carbocycles. The van der Waals surface area contributed by atoms with Crippen molar-refractivity contribution in [1.29, 1.82) is 0 Å². The zero-order chi connectivity index (χ0) is 12.4. The van der Waals surface area contributed by atoms with Crippen molar-refractivity contribution in [3.63, 3.8) is 0 Å². The van der Waals surface area contributed by atoms with E-state index in [1.807, 2.05) is 42.5 Å². The van der Waals surface area contributed by atoms with E-state index in [9.17, 15) is 0 Å². The van der Waals surface area contributed by atoms with E-state index in [1.54, 1.807) is 0 Å². The zero-order valence-electron chi connectivity index (χ0n) is 8.83. The molecule has 17 heavy (non-hydrogen) atoms. The summed E-state index contributed by atoms with van der Waals surface area (Å²) in [5.41, 5.74) is 8.10. The van der Waals surface area contributed by atoms with Crippen molar-refractivity contribution in [1.82, 2.24) is 0 Å². The Morgan fingerprint density at radius 1 is 1.00 bits per heavy atom. The first kappa shape index (κ1) is 12.9. The fourth-order valence-electron chi connectivity index (χ4n) is 1.60. The lowest BCUT2D eigenvalue weighted by molar-refractivity contribution is 0.871. The highest BCUT2D eigenvalue weighted by atomic mass is 79.9. The maximum absolute atomic E-state index is 6.17. The van der Waals surface area contributed by atoms with Gasteiger partial charge >= 0.3 is 0 Å². The van der Waals surface area contributed by atoms with E-state index < -0.39 is 0 Å². The molecule has 2 rings (SSSR count). The van der Waals surface area contributed by atoms with Gasteiger partial charge in [-0.05, 0) is 51.3 Å². The van der Waals surface area contributed by atoms with Gasteiger partial charge in [0.15, 0.2) is 0 Å². The molecule has 0 amide bonds. The number of halogens is 3. The molecule has 2 N–H and O–H groups in total. The topological polar surface area (TPSA) is 26.0 Å². The van der Waals surface area contributed by atoms with Gasteiger partial charge in [-0.1, -0.05) is 41.4 Å². The van der Waals surface area contributed by atoms with Crippen molar-refractivity contribution in [2.75, 3.05) is 0 Å². The van der Waals surface area contributed by atoms with Crippen LogP contribution in [-0.2, 0) is 0 Å². The Morgan fingerprint density at radius 2 is 1.71 bits per heavy atom. The molecule has 0 aliphatic carbocycles. The molecule has 2 aromatic rings. The summed E-state index contributed by atoms with van der Waals surface area (Å²) in [7, 11) is 0. The fourth-order valence-corrected chi connectivity index (χ4v) is 2.23. The predicted octanol–water partition coefficient (Wildman–Crippen LogP) is 4.80. The molecule has 0 saturated carbocycles. The van der Waals surface area contributed by atoms with E-state index in [1.165, 1.54) is 0 Å². The van der Waals surface area contributed by atoms with E-state index in [2.05, 4.69) is 15.9 Å². The number of nitrogens with two attached hydrogens (primary N) is 1. The van der Waals surface area contributed by atoms with Crippen molar-refractivity contribution in [2.24, 2.45) is 5.73 Å². The smallest absolute Gasteiger partial charge is 0.0552 e. The van der Waals surface area contributed by atoms with Crippen molar-refractivity contribution in [3.8, 4) is 0 Å². The minimum absolute atomic E-state index is 0.223. The van der Waals surface area contributed by atoms with Gasteiger partial charge < -0.3 is 5.73 Å². The summed E-state index contributed by atoms with van der Waals surface area (Å²) in [6, 6.07) is 13.0. The highest BCUT2D eigenvalue weighted by Gasteiger charge is 2.10. The van der Waals surface area contributed by atoms with Crippen LogP contribution in [0, 0.1) is 0 Å². The molecule has 0 bridgehead atoms. The Bertz CT molecular complexity index is 543. The minimum Gasteiger partial charge on any atom is -0.320 e. The predicted molar refractivity (Wildman–Crippen MR) is 76.6 cm³/mol. The summed E-state index contributed by atoms with van der Waals surface area (Å²) >= 11 is 15.3. The highest BCUT2D eigenvalue weighted by Crippen LogP contribution is 2.28. The first-order chi connectivity index (χ1) is 8.08. The lowest BCUT2D eigenvalue weighted by Gasteiger charge is -2.13. The van der Waals surface area contributed by atoms with Crippen molar-refractivity contribution in [3.05, 3.63) is 68.1 Å². The monoisotopic (exact) mass is 329 g/mol. The van der Waals surface area contributed by atoms with Gasteiger partial charge in [0.1, 0.15) is 0 Å². The Kier molecular flexibility index (Phi) is 4.10. The maximum Gasteiger partial charge on any atom is 0.0552 e. The average molecular weight is 331 g/mol. The Balaban J connectivity index is 2.36. The van der Waals surface area contributed by atoms with Crippen LogP contribution in [0.25, 0.3) is 0 Å². The summed E-state index contributed by atoms with van der Waals surface area (Å²) in [6.45, 7) is 0. The lowest BCUT2D eigenvalue weighted by atomic mass is 10.00. The third kappa shape index (κ3) is 3.02. The van der Waals surface area contributed by atoms with Gasteiger partial charge in [-0.2, -0.15) is 0 Å². The first-order valence-electron chi connectivity index (χ1n) is 5.04. The summed E-state index contributed by atoms with van der Waals surface area (Å²) in [5.74, 6) is 0. The van der Waals surface area contributed by atoms with Crippen LogP contribution >= 0.6 is 39.1 Å². The number of hydrogen-bond donors (Lipinski definition) is 1. The Hall–Kier alpha value is -0.540. The fraction of sp³-hybridized carbons (Fsp3) is 0.0769. The molecule has 0 saturated heterocycles. The van der Waals surface area contributed by atoms with Gasteiger partial charge in [-0.25, -0.2) is 0 Å². The zero-order valence-corrected chi connectivity index (χ0v) is 11.9. The SMILES string of the molecule is NC(c1cccc(Cl)c1)c1ccc(Br)c(Cl)c1. The summed E-state index contributed by atoms with van der Waals surface area (Å²) in [4.78, 5) is 0. The van der Waals surface area contributed by atoms with Crippen LogP contribution in [0.15, 0.2) is 46.9 Å². The Morgan fingerprint density at radius 3 is 2.35 bits per heavy atom. The van der Waals surface area contributed by atoms with E-state index in [-0.39, 0.29) is 6.04 Å². The van der Waals surface area contributed by atoms with Gasteiger partial charge in [-0.3, -0.25) is 0 Å². The van der Waals surface area contributed by atoms with Crippen LogP contribution in [-0.4, -0.2) is 0 Å². The Labute approximate surface area is 119 Å². The molecule has 4 heteroatoms. The maximum atomic E-state index is 6.17. The molecular formula is C13H10BrCl2N. The average Bonchev–Trinajstić information content (AvgIpc) is 2.32. The van der Waals surface area contributed by atoms with Gasteiger partial charge in [0.2, 0.25) is 0 Å². The van der Waals surface area contributed by atoms with Crippen LogP contribution in [0.1, 0.15) is 17.2 Å². The highest BCUT2D eigenvalue weighted by molar-refractivity contribution is 9.10. The molecule has 0 aromatic heterocycles. The van der Waals surface area contributed by atoms with Gasteiger partial charge in [0, 0.05) is 9.50 Å². The molecule has 0 radical (unpaired) electrons. The third-order valence-corrected chi connectivity index (χ3v) is 3.98. The van der Waals surface area contributed by atoms with Crippen LogP contribution in [0.4, 0.5) is 0 Å².